The van der Waals surface area contributed by atoms with Crippen molar-refractivity contribution in [1.82, 2.24) is 15.3 Å². The van der Waals surface area contributed by atoms with Crippen LogP contribution in [0.2, 0.25) is 0 Å². The van der Waals surface area contributed by atoms with Gasteiger partial charge in [-0.05, 0) is 24.3 Å². The molecule has 0 spiro atoms. The van der Waals surface area contributed by atoms with E-state index >= 15 is 0 Å². The highest BCUT2D eigenvalue weighted by atomic mass is 16.2. The maximum atomic E-state index is 12.4. The average Bonchev–Trinajstić information content (AvgIpc) is 3.31. The number of carbonyl (C=O) groups excluding carboxylic acids is 3. The lowest BCUT2D eigenvalue weighted by atomic mass is 10.1. The zero-order valence-electron chi connectivity index (χ0n) is 15.7. The number of anilines is 2. The molecule has 29 heavy (non-hydrogen) atoms. The summed E-state index contributed by atoms with van der Waals surface area (Å²) in [6.07, 6.45) is 0.289. The number of benzene rings is 2. The maximum Gasteiger partial charge on any atom is 0.228 e. The Morgan fingerprint density at radius 3 is 2.66 bits per heavy atom. The second-order valence-corrected chi connectivity index (χ2v) is 6.93. The summed E-state index contributed by atoms with van der Waals surface area (Å²) in [4.78, 5) is 45.6. The van der Waals surface area contributed by atoms with Crippen molar-refractivity contribution in [3.05, 3.63) is 54.6 Å². The molecule has 2 heterocycles. The van der Waals surface area contributed by atoms with E-state index in [0.29, 0.717) is 12.5 Å². The molecular weight excluding hydrogens is 370 g/mol. The number of aromatic nitrogens is 2. The van der Waals surface area contributed by atoms with Gasteiger partial charge in [0, 0.05) is 31.6 Å². The predicted molar refractivity (Wildman–Crippen MR) is 109 cm³/mol. The number of carbonyl (C=O) groups is 3. The molecule has 0 radical (unpaired) electrons. The molecule has 0 bridgehead atoms. The summed E-state index contributed by atoms with van der Waals surface area (Å²) in [5.74, 6) is -0.575. The topological polar surface area (TPSA) is 107 Å². The fraction of sp³-hybridized carbons (Fsp3) is 0.238. The van der Waals surface area contributed by atoms with E-state index in [0.717, 1.165) is 16.7 Å². The Morgan fingerprint density at radius 1 is 1.10 bits per heavy atom. The van der Waals surface area contributed by atoms with E-state index < -0.39 is 5.92 Å². The van der Waals surface area contributed by atoms with Gasteiger partial charge in [-0.25, -0.2) is 4.98 Å². The summed E-state index contributed by atoms with van der Waals surface area (Å²) in [6.45, 7) is 0.542. The number of amides is 3. The van der Waals surface area contributed by atoms with Gasteiger partial charge in [0.2, 0.25) is 23.7 Å². The van der Waals surface area contributed by atoms with Gasteiger partial charge >= 0.3 is 0 Å². The Balaban J connectivity index is 1.24. The van der Waals surface area contributed by atoms with Gasteiger partial charge in [-0.1, -0.05) is 30.3 Å². The van der Waals surface area contributed by atoms with Crippen molar-refractivity contribution in [2.45, 2.75) is 12.8 Å². The Morgan fingerprint density at radius 2 is 1.86 bits per heavy atom. The van der Waals surface area contributed by atoms with Crippen LogP contribution in [0.15, 0.2) is 54.6 Å². The summed E-state index contributed by atoms with van der Waals surface area (Å²) in [5.41, 5.74) is 2.40. The second kappa shape index (κ2) is 8.14. The van der Waals surface area contributed by atoms with Crippen molar-refractivity contribution in [1.29, 1.82) is 0 Å². The Labute approximate surface area is 167 Å². The SMILES string of the molecule is O=C(CCNC(=O)C1CC(=O)N(c2ccccc2)C1)Nc1nc2ccccc2[nH]1. The van der Waals surface area contributed by atoms with E-state index in [4.69, 9.17) is 0 Å². The molecule has 3 N–H and O–H groups in total. The van der Waals surface area contributed by atoms with Gasteiger partial charge in [0.1, 0.15) is 0 Å². The number of aromatic amines is 1. The third-order valence-electron chi connectivity index (χ3n) is 4.86. The largest absolute Gasteiger partial charge is 0.355 e. The van der Waals surface area contributed by atoms with Crippen LogP contribution in [0, 0.1) is 5.92 Å². The highest BCUT2D eigenvalue weighted by molar-refractivity contribution is 6.00. The lowest BCUT2D eigenvalue weighted by Crippen LogP contribution is -2.34. The van der Waals surface area contributed by atoms with E-state index in [-0.39, 0.29) is 37.1 Å². The van der Waals surface area contributed by atoms with Crippen LogP contribution in [0.4, 0.5) is 11.6 Å². The zero-order valence-corrected chi connectivity index (χ0v) is 15.7. The van der Waals surface area contributed by atoms with Crippen molar-refractivity contribution < 1.29 is 14.4 Å². The first-order chi connectivity index (χ1) is 14.1. The highest BCUT2D eigenvalue weighted by Crippen LogP contribution is 2.24. The lowest BCUT2D eigenvalue weighted by molar-refractivity contribution is -0.126. The van der Waals surface area contributed by atoms with Crippen LogP contribution in [-0.4, -0.2) is 40.8 Å². The fourth-order valence-corrected chi connectivity index (χ4v) is 3.39. The van der Waals surface area contributed by atoms with E-state index in [1.165, 1.54) is 0 Å². The van der Waals surface area contributed by atoms with Crippen molar-refractivity contribution in [2.75, 3.05) is 23.3 Å². The minimum Gasteiger partial charge on any atom is -0.355 e. The van der Waals surface area contributed by atoms with Gasteiger partial charge < -0.3 is 15.2 Å². The van der Waals surface area contributed by atoms with Gasteiger partial charge in [-0.15, -0.1) is 0 Å². The molecule has 1 aromatic heterocycles. The van der Waals surface area contributed by atoms with Crippen LogP contribution in [0.3, 0.4) is 0 Å². The molecule has 0 saturated carbocycles. The summed E-state index contributed by atoms with van der Waals surface area (Å²) < 4.78 is 0. The number of fused-ring (bicyclic) bond motifs is 1. The van der Waals surface area contributed by atoms with E-state index in [2.05, 4.69) is 20.6 Å². The number of nitrogens with zero attached hydrogens (tertiary/aromatic N) is 2. The van der Waals surface area contributed by atoms with E-state index in [1.807, 2.05) is 54.6 Å². The molecule has 1 saturated heterocycles. The number of hydrogen-bond donors (Lipinski definition) is 3. The Bertz CT molecular complexity index is 1010. The van der Waals surface area contributed by atoms with Crippen LogP contribution >= 0.6 is 0 Å². The third-order valence-corrected chi connectivity index (χ3v) is 4.86. The standard InChI is InChI=1S/C21H21N5O3/c27-18(25-21-23-16-8-4-5-9-17(16)24-21)10-11-22-20(29)14-12-19(28)26(13-14)15-6-2-1-3-7-15/h1-9,14H,10-13H2,(H,22,29)(H2,23,24,25,27). The molecule has 148 valence electrons. The number of para-hydroxylation sites is 3. The van der Waals surface area contributed by atoms with Crippen molar-refractivity contribution in [3.8, 4) is 0 Å². The van der Waals surface area contributed by atoms with Crippen LogP contribution in [0.1, 0.15) is 12.8 Å². The first-order valence-corrected chi connectivity index (χ1v) is 9.48. The smallest absolute Gasteiger partial charge is 0.228 e. The lowest BCUT2D eigenvalue weighted by Gasteiger charge is -2.16. The molecular formula is C21H21N5O3. The predicted octanol–water partition coefficient (Wildman–Crippen LogP) is 2.06. The van der Waals surface area contributed by atoms with Crippen molar-refractivity contribution >= 4 is 40.4 Å². The van der Waals surface area contributed by atoms with Crippen LogP contribution in [-0.2, 0) is 14.4 Å². The summed E-state index contributed by atoms with van der Waals surface area (Å²) in [5, 5.41) is 5.44. The number of H-pyrrole nitrogens is 1. The molecule has 1 aliphatic heterocycles. The molecule has 8 nitrogen and oxygen atoms in total. The quantitative estimate of drug-likeness (QED) is 0.598. The summed E-state index contributed by atoms with van der Waals surface area (Å²) >= 11 is 0. The molecule has 1 unspecified atom stereocenters. The molecule has 4 rings (SSSR count). The third kappa shape index (κ3) is 4.26. The van der Waals surface area contributed by atoms with Crippen LogP contribution in [0.25, 0.3) is 11.0 Å². The zero-order chi connectivity index (χ0) is 20.2. The van der Waals surface area contributed by atoms with Crippen molar-refractivity contribution in [2.24, 2.45) is 5.92 Å². The van der Waals surface area contributed by atoms with Gasteiger partial charge in [0.25, 0.3) is 0 Å². The summed E-state index contributed by atoms with van der Waals surface area (Å²) in [6, 6.07) is 16.8. The number of imidazole rings is 1. The number of rotatable bonds is 6. The minimum absolute atomic E-state index is 0.0704. The monoisotopic (exact) mass is 391 g/mol. The van der Waals surface area contributed by atoms with Gasteiger partial charge in [0.15, 0.2) is 0 Å². The maximum absolute atomic E-state index is 12.4. The van der Waals surface area contributed by atoms with Gasteiger partial charge in [-0.3, -0.25) is 19.7 Å². The second-order valence-electron chi connectivity index (χ2n) is 6.93. The fourth-order valence-electron chi connectivity index (χ4n) is 3.39. The molecule has 1 aliphatic rings. The first-order valence-electron chi connectivity index (χ1n) is 9.48. The van der Waals surface area contributed by atoms with E-state index in [1.54, 1.807) is 4.90 Å². The number of hydrogen-bond acceptors (Lipinski definition) is 4. The van der Waals surface area contributed by atoms with E-state index in [9.17, 15) is 14.4 Å². The Kier molecular flexibility index (Phi) is 5.24. The number of nitrogens with one attached hydrogen (secondary N) is 3. The molecule has 0 aliphatic carbocycles. The van der Waals surface area contributed by atoms with Crippen LogP contribution < -0.4 is 15.5 Å². The molecule has 1 atom stereocenters. The van der Waals surface area contributed by atoms with Gasteiger partial charge in [-0.2, -0.15) is 0 Å². The minimum atomic E-state index is -0.416. The average molecular weight is 391 g/mol. The van der Waals surface area contributed by atoms with Crippen molar-refractivity contribution in [3.63, 3.8) is 0 Å². The molecule has 1 fully saturated rings. The van der Waals surface area contributed by atoms with Crippen LogP contribution in [0.5, 0.6) is 0 Å². The molecule has 3 aromatic rings. The Hall–Kier alpha value is -3.68. The summed E-state index contributed by atoms with van der Waals surface area (Å²) in [7, 11) is 0. The molecule has 8 heteroatoms. The first kappa shape index (κ1) is 18.7. The molecule has 3 amide bonds. The normalized spacial score (nSPS) is 16.2. The molecule has 2 aromatic carbocycles. The highest BCUT2D eigenvalue weighted by Gasteiger charge is 2.34. The van der Waals surface area contributed by atoms with Gasteiger partial charge in [0.05, 0.1) is 17.0 Å².